The maximum absolute atomic E-state index is 12.7. The number of methoxy groups -OCH3 is 2. The molecule has 2 amide bonds. The van der Waals surface area contributed by atoms with E-state index >= 15 is 0 Å². The molecule has 0 atom stereocenters. The number of urea groups is 1. The summed E-state index contributed by atoms with van der Waals surface area (Å²) in [6, 6.07) is 12.8. The first-order valence-corrected chi connectivity index (χ1v) is 10.6. The van der Waals surface area contributed by atoms with Gasteiger partial charge in [-0.25, -0.2) is 9.78 Å². The van der Waals surface area contributed by atoms with E-state index in [-0.39, 0.29) is 6.03 Å². The molecule has 1 fully saturated rings. The number of hydrogen-bond donors (Lipinski definition) is 2. The summed E-state index contributed by atoms with van der Waals surface area (Å²) in [6.07, 6.45) is 1.80. The molecular weight excluding hydrogens is 422 g/mol. The Bertz CT molecular complexity index is 1080. The van der Waals surface area contributed by atoms with Gasteiger partial charge in [-0.2, -0.15) is 0 Å². The lowest BCUT2D eigenvalue weighted by Gasteiger charge is -2.35. The average Bonchev–Trinajstić information content (AvgIpc) is 2.86. The summed E-state index contributed by atoms with van der Waals surface area (Å²) in [5, 5.41) is 14.6. The van der Waals surface area contributed by atoms with Gasteiger partial charge in [-0.15, -0.1) is 10.2 Å². The van der Waals surface area contributed by atoms with Crippen molar-refractivity contribution in [1.82, 2.24) is 20.1 Å². The number of carbonyl (C=O) groups excluding carboxylic acids is 1. The molecule has 33 heavy (non-hydrogen) atoms. The van der Waals surface area contributed by atoms with Crippen LogP contribution in [0.1, 0.15) is 5.56 Å². The highest BCUT2D eigenvalue weighted by Gasteiger charge is 2.22. The van der Waals surface area contributed by atoms with Gasteiger partial charge in [0, 0.05) is 44.1 Å². The highest BCUT2D eigenvalue weighted by atomic mass is 16.5. The smallest absolute Gasteiger partial charge is 0.321 e. The largest absolute Gasteiger partial charge is 0.493 e. The van der Waals surface area contributed by atoms with Gasteiger partial charge < -0.3 is 29.9 Å². The second-order valence-corrected chi connectivity index (χ2v) is 7.60. The number of ether oxygens (including phenoxy) is 2. The quantitative estimate of drug-likeness (QED) is 0.591. The van der Waals surface area contributed by atoms with Crippen LogP contribution in [0.2, 0.25) is 0 Å². The Morgan fingerprint density at radius 3 is 2.30 bits per heavy atom. The van der Waals surface area contributed by atoms with Gasteiger partial charge in [0.1, 0.15) is 5.82 Å². The Balaban J connectivity index is 1.30. The van der Waals surface area contributed by atoms with Crippen LogP contribution >= 0.6 is 0 Å². The van der Waals surface area contributed by atoms with Crippen LogP contribution in [0.15, 0.2) is 48.7 Å². The molecule has 1 saturated heterocycles. The maximum atomic E-state index is 12.7. The van der Waals surface area contributed by atoms with Crippen molar-refractivity contribution in [3.63, 3.8) is 0 Å². The Kier molecular flexibility index (Phi) is 6.72. The predicted octanol–water partition coefficient (Wildman–Crippen LogP) is 3.29. The summed E-state index contributed by atoms with van der Waals surface area (Å²) in [6.45, 7) is 4.48. The second kappa shape index (κ2) is 10.0. The van der Waals surface area contributed by atoms with E-state index in [4.69, 9.17) is 9.47 Å². The SMILES string of the molecule is COc1ccc(NC(=O)N2CCN(c3ccc(Nc4ccc(C)cn4)nn3)CC2)cc1OC. The first kappa shape index (κ1) is 22.1. The van der Waals surface area contributed by atoms with Crippen LogP contribution in [0, 0.1) is 6.92 Å². The minimum absolute atomic E-state index is 0.155. The van der Waals surface area contributed by atoms with Gasteiger partial charge in [-0.05, 0) is 42.8 Å². The maximum Gasteiger partial charge on any atom is 0.321 e. The van der Waals surface area contributed by atoms with Crippen LogP contribution in [0.3, 0.4) is 0 Å². The molecule has 1 aromatic carbocycles. The monoisotopic (exact) mass is 449 g/mol. The van der Waals surface area contributed by atoms with E-state index in [1.165, 1.54) is 0 Å². The predicted molar refractivity (Wildman–Crippen MR) is 127 cm³/mol. The summed E-state index contributed by atoms with van der Waals surface area (Å²) in [5.41, 5.74) is 1.75. The lowest BCUT2D eigenvalue weighted by atomic mass is 10.2. The molecule has 2 N–H and O–H groups in total. The zero-order valence-corrected chi connectivity index (χ0v) is 18.9. The van der Waals surface area contributed by atoms with Gasteiger partial charge >= 0.3 is 6.03 Å². The van der Waals surface area contributed by atoms with Crippen LogP contribution in [-0.4, -0.2) is 66.5 Å². The third-order valence-electron chi connectivity index (χ3n) is 5.34. The minimum atomic E-state index is -0.155. The van der Waals surface area contributed by atoms with Gasteiger partial charge in [-0.1, -0.05) is 6.07 Å². The molecular formula is C23H27N7O3. The van der Waals surface area contributed by atoms with Crippen molar-refractivity contribution < 1.29 is 14.3 Å². The molecule has 1 aliphatic heterocycles. The fourth-order valence-corrected chi connectivity index (χ4v) is 3.49. The molecule has 0 unspecified atom stereocenters. The van der Waals surface area contributed by atoms with Crippen molar-refractivity contribution >= 4 is 29.2 Å². The number of anilines is 4. The average molecular weight is 450 g/mol. The molecule has 3 aromatic rings. The lowest BCUT2D eigenvalue weighted by molar-refractivity contribution is 0.208. The number of hydrogen-bond acceptors (Lipinski definition) is 8. The van der Waals surface area contributed by atoms with E-state index < -0.39 is 0 Å². The van der Waals surface area contributed by atoms with Crippen molar-refractivity contribution in [2.75, 3.05) is 55.9 Å². The summed E-state index contributed by atoms with van der Waals surface area (Å²) in [5.74, 6) is 3.30. The number of aryl methyl sites for hydroxylation is 1. The first-order chi connectivity index (χ1) is 16.1. The second-order valence-electron chi connectivity index (χ2n) is 7.60. The Morgan fingerprint density at radius 1 is 0.909 bits per heavy atom. The van der Waals surface area contributed by atoms with E-state index in [1.807, 2.05) is 31.2 Å². The Morgan fingerprint density at radius 2 is 1.67 bits per heavy atom. The number of nitrogens with zero attached hydrogens (tertiary/aromatic N) is 5. The summed E-state index contributed by atoms with van der Waals surface area (Å²) >= 11 is 0. The van der Waals surface area contributed by atoms with Crippen molar-refractivity contribution in [1.29, 1.82) is 0 Å². The molecule has 0 bridgehead atoms. The minimum Gasteiger partial charge on any atom is -0.493 e. The van der Waals surface area contributed by atoms with E-state index in [9.17, 15) is 4.79 Å². The van der Waals surface area contributed by atoms with Gasteiger partial charge in [0.2, 0.25) is 0 Å². The zero-order valence-electron chi connectivity index (χ0n) is 18.9. The van der Waals surface area contributed by atoms with E-state index in [2.05, 4.69) is 30.7 Å². The Labute approximate surface area is 192 Å². The van der Waals surface area contributed by atoms with Crippen molar-refractivity contribution in [2.24, 2.45) is 0 Å². The number of pyridine rings is 1. The molecule has 0 spiro atoms. The summed E-state index contributed by atoms with van der Waals surface area (Å²) in [7, 11) is 3.14. The number of amides is 2. The van der Waals surface area contributed by atoms with Gasteiger partial charge in [0.25, 0.3) is 0 Å². The molecule has 0 aliphatic carbocycles. The molecule has 10 nitrogen and oxygen atoms in total. The van der Waals surface area contributed by atoms with E-state index in [0.717, 1.165) is 17.2 Å². The van der Waals surface area contributed by atoms with Crippen LogP contribution in [0.5, 0.6) is 11.5 Å². The van der Waals surface area contributed by atoms with Gasteiger partial charge in [-0.3, -0.25) is 0 Å². The summed E-state index contributed by atoms with van der Waals surface area (Å²) in [4.78, 5) is 20.9. The van der Waals surface area contributed by atoms with Gasteiger partial charge in [0.05, 0.1) is 14.2 Å². The molecule has 1 aliphatic rings. The summed E-state index contributed by atoms with van der Waals surface area (Å²) < 4.78 is 10.5. The third-order valence-corrected chi connectivity index (χ3v) is 5.34. The Hall–Kier alpha value is -4.08. The molecule has 0 saturated carbocycles. The number of piperazine rings is 1. The number of benzene rings is 1. The van der Waals surface area contributed by atoms with Crippen LogP contribution in [-0.2, 0) is 0 Å². The van der Waals surface area contributed by atoms with Crippen LogP contribution in [0.4, 0.5) is 27.9 Å². The van der Waals surface area contributed by atoms with Crippen molar-refractivity contribution in [3.05, 3.63) is 54.2 Å². The third kappa shape index (κ3) is 5.40. The molecule has 4 rings (SSSR count). The van der Waals surface area contributed by atoms with E-state index in [0.29, 0.717) is 49.2 Å². The number of nitrogens with one attached hydrogen (secondary N) is 2. The van der Waals surface area contributed by atoms with E-state index in [1.54, 1.807) is 43.5 Å². The topological polar surface area (TPSA) is 105 Å². The number of aromatic nitrogens is 3. The van der Waals surface area contributed by atoms with Crippen molar-refractivity contribution in [2.45, 2.75) is 6.92 Å². The number of rotatable bonds is 6. The number of carbonyl (C=O) groups is 1. The highest BCUT2D eigenvalue weighted by Crippen LogP contribution is 2.30. The molecule has 172 valence electrons. The van der Waals surface area contributed by atoms with Crippen LogP contribution < -0.4 is 25.0 Å². The molecule has 10 heteroatoms. The zero-order chi connectivity index (χ0) is 23.2. The highest BCUT2D eigenvalue weighted by molar-refractivity contribution is 5.90. The fraction of sp³-hybridized carbons (Fsp3) is 0.304. The molecule has 2 aromatic heterocycles. The standard InChI is InChI=1S/C23H27N7O3/c1-16-4-7-20(24-15-16)26-21-8-9-22(28-27-21)29-10-12-30(13-11-29)23(31)25-17-5-6-18(32-2)19(14-17)33-3/h4-9,14-15H,10-13H2,1-3H3,(H,25,31)(H,24,26,27). The fourth-order valence-electron chi connectivity index (χ4n) is 3.49. The molecule has 0 radical (unpaired) electrons. The molecule has 3 heterocycles. The lowest BCUT2D eigenvalue weighted by Crippen LogP contribution is -2.50. The van der Waals surface area contributed by atoms with Gasteiger partial charge in [0.15, 0.2) is 23.1 Å². The normalized spacial score (nSPS) is 13.4. The van der Waals surface area contributed by atoms with Crippen molar-refractivity contribution in [3.8, 4) is 11.5 Å². The first-order valence-electron chi connectivity index (χ1n) is 10.6. The van der Waals surface area contributed by atoms with Crippen LogP contribution in [0.25, 0.3) is 0 Å².